The number of nitrogens with zero attached hydrogens (tertiary/aromatic N) is 2. The van der Waals surface area contributed by atoms with Crippen LogP contribution in [-0.2, 0) is 30.5 Å². The minimum Gasteiger partial charge on any atom is -0.445 e. The number of rotatable bonds is 6. The lowest BCUT2D eigenvalue weighted by atomic mass is 9.75. The van der Waals surface area contributed by atoms with Crippen LogP contribution in [0.1, 0.15) is 32.8 Å². The Morgan fingerprint density at radius 1 is 1.09 bits per heavy atom. The topological polar surface area (TPSA) is 106 Å². The first-order valence-electron chi connectivity index (χ1n) is 15.2. The molecule has 1 aliphatic carbocycles. The number of fused-ring (bicyclic) bond motifs is 1. The van der Waals surface area contributed by atoms with Crippen LogP contribution in [0.4, 0.5) is 4.79 Å². The molecule has 1 unspecified atom stereocenters. The molecule has 44 heavy (non-hydrogen) atoms. The summed E-state index contributed by atoms with van der Waals surface area (Å²) in [6, 6.07) is 17.2. The lowest BCUT2D eigenvalue weighted by Gasteiger charge is -2.44. The van der Waals surface area contributed by atoms with Crippen LogP contribution in [0, 0.1) is 5.41 Å². The molecule has 2 spiro atoms. The van der Waals surface area contributed by atoms with E-state index in [-0.39, 0.29) is 29.6 Å². The third-order valence-corrected chi connectivity index (χ3v) is 16.5. The molecule has 0 radical (unpaired) electrons. The first-order valence-corrected chi connectivity index (χ1v) is 19.5. The fourth-order valence-electron chi connectivity index (χ4n) is 7.03. The minimum absolute atomic E-state index is 0.101. The van der Waals surface area contributed by atoms with Gasteiger partial charge in [-0.1, -0.05) is 75.4 Å². The van der Waals surface area contributed by atoms with Crippen LogP contribution >= 0.6 is 0 Å². The molecular weight excluding hydrogens is 597 g/mol. The SMILES string of the molecule is CC(C)(C)[Si](C)(C)O[C@@H]1C2=CCN(S(=O)(=O)c3ccccc3)C[C@@]23CCN(C(=O)OCc2ccccc2)[C@H]3[C@]12C=CC(O)O2. The van der Waals surface area contributed by atoms with Gasteiger partial charge in [0.2, 0.25) is 10.0 Å². The van der Waals surface area contributed by atoms with E-state index in [4.69, 9.17) is 13.9 Å². The molecule has 2 aromatic carbocycles. The average molecular weight is 639 g/mol. The number of hydrogen-bond acceptors (Lipinski definition) is 7. The fourth-order valence-corrected chi connectivity index (χ4v) is 9.76. The zero-order valence-corrected chi connectivity index (χ0v) is 27.8. The van der Waals surface area contributed by atoms with Gasteiger partial charge in [0.05, 0.1) is 10.9 Å². The van der Waals surface area contributed by atoms with Crippen LogP contribution in [0.15, 0.2) is 89.4 Å². The number of carbonyl (C=O) groups excluding carboxylic acids is 1. The van der Waals surface area contributed by atoms with Gasteiger partial charge in [0.1, 0.15) is 18.3 Å². The number of benzene rings is 2. The molecule has 6 rings (SSSR count). The minimum atomic E-state index is -3.84. The molecule has 0 bridgehead atoms. The molecule has 1 N–H and O–H groups in total. The third-order valence-electron chi connectivity index (χ3n) is 10.2. The van der Waals surface area contributed by atoms with E-state index in [9.17, 15) is 18.3 Å². The number of ether oxygens (including phenoxy) is 2. The van der Waals surface area contributed by atoms with Gasteiger partial charge in [-0.15, -0.1) is 0 Å². The summed E-state index contributed by atoms with van der Waals surface area (Å²) in [7, 11) is -6.27. The van der Waals surface area contributed by atoms with Crippen molar-refractivity contribution in [2.45, 2.75) is 80.9 Å². The quantitative estimate of drug-likeness (QED) is 0.348. The molecule has 1 amide bonds. The monoisotopic (exact) mass is 638 g/mol. The Balaban J connectivity index is 1.44. The summed E-state index contributed by atoms with van der Waals surface area (Å²) in [5.74, 6) is 0. The maximum Gasteiger partial charge on any atom is 0.410 e. The van der Waals surface area contributed by atoms with Gasteiger partial charge in [-0.25, -0.2) is 13.2 Å². The second-order valence-electron chi connectivity index (χ2n) is 13.8. The normalized spacial score (nSPS) is 30.4. The predicted octanol–water partition coefficient (Wildman–Crippen LogP) is 5.06. The molecule has 1 saturated heterocycles. The average Bonchev–Trinajstić information content (AvgIpc) is 3.62. The smallest absolute Gasteiger partial charge is 0.410 e. The lowest BCUT2D eigenvalue weighted by molar-refractivity contribution is -0.167. The summed E-state index contributed by atoms with van der Waals surface area (Å²) < 4.78 is 48.7. The molecule has 2 aromatic rings. The van der Waals surface area contributed by atoms with Crippen molar-refractivity contribution in [3.63, 3.8) is 0 Å². The highest BCUT2D eigenvalue weighted by molar-refractivity contribution is 7.89. The number of aliphatic hydroxyl groups excluding tert-OH is 1. The van der Waals surface area contributed by atoms with Gasteiger partial charge < -0.3 is 23.9 Å². The van der Waals surface area contributed by atoms with Gasteiger partial charge in [-0.3, -0.25) is 0 Å². The van der Waals surface area contributed by atoms with Crippen LogP contribution < -0.4 is 0 Å². The third kappa shape index (κ3) is 4.98. The standard InChI is InChI=1S/C33H42N2O7SSi/c1-31(2,3)44(4,5)42-28-26-17-20-34(43(38,39)25-14-10-7-11-15-25)23-32(26)19-21-35(29(32)33(28)18-16-27(36)41-33)30(37)40-22-24-12-8-6-9-13-24/h6-18,27-29,36H,19-23H2,1-5H3/t27?,28-,29-,32+,33+/m1/s1. The molecule has 11 heteroatoms. The molecule has 5 atom stereocenters. The second kappa shape index (κ2) is 10.9. The highest BCUT2D eigenvalue weighted by Crippen LogP contribution is 2.63. The van der Waals surface area contributed by atoms with Gasteiger partial charge >= 0.3 is 6.09 Å². The van der Waals surface area contributed by atoms with Gasteiger partial charge in [-0.2, -0.15) is 4.31 Å². The van der Waals surface area contributed by atoms with Crippen molar-refractivity contribution >= 4 is 24.4 Å². The molecule has 9 nitrogen and oxygen atoms in total. The van der Waals surface area contributed by atoms with Crippen molar-refractivity contribution in [1.29, 1.82) is 0 Å². The summed E-state index contributed by atoms with van der Waals surface area (Å²) in [6.45, 7) is 11.6. The molecule has 3 heterocycles. The Bertz CT molecular complexity index is 1570. The zero-order valence-electron chi connectivity index (χ0n) is 26.0. The van der Waals surface area contributed by atoms with Crippen LogP contribution in [0.3, 0.4) is 0 Å². The van der Waals surface area contributed by atoms with E-state index in [1.54, 1.807) is 41.3 Å². The highest BCUT2D eigenvalue weighted by Gasteiger charge is 2.74. The number of hydrogen-bond donors (Lipinski definition) is 1. The summed E-state index contributed by atoms with van der Waals surface area (Å²) in [6.07, 6.45) is 3.57. The number of carbonyl (C=O) groups is 1. The fraction of sp³-hybridized carbons (Fsp3) is 0.485. The van der Waals surface area contributed by atoms with Gasteiger partial charge in [0.15, 0.2) is 14.6 Å². The molecule has 3 aliphatic heterocycles. The van der Waals surface area contributed by atoms with Crippen LogP contribution in [0.25, 0.3) is 0 Å². The summed E-state index contributed by atoms with van der Waals surface area (Å²) in [5, 5.41) is 10.6. The Kier molecular flexibility index (Phi) is 7.74. The summed E-state index contributed by atoms with van der Waals surface area (Å²) in [4.78, 5) is 15.8. The van der Waals surface area contributed by atoms with Crippen LogP contribution in [-0.4, -0.2) is 80.8 Å². The number of likely N-dealkylation sites (tertiary alicyclic amines) is 1. The summed E-state index contributed by atoms with van der Waals surface area (Å²) >= 11 is 0. The largest absolute Gasteiger partial charge is 0.445 e. The number of sulfonamides is 1. The zero-order chi connectivity index (χ0) is 31.5. The van der Waals surface area contributed by atoms with E-state index in [2.05, 4.69) is 33.9 Å². The van der Waals surface area contributed by atoms with Crippen molar-refractivity contribution in [2.75, 3.05) is 19.6 Å². The number of amides is 1. The predicted molar refractivity (Wildman–Crippen MR) is 168 cm³/mol. The molecule has 2 fully saturated rings. The Hall–Kier alpha value is -2.80. The van der Waals surface area contributed by atoms with Gasteiger partial charge in [-0.05, 0) is 60.0 Å². The Morgan fingerprint density at radius 2 is 1.75 bits per heavy atom. The van der Waals surface area contributed by atoms with Gasteiger partial charge in [0, 0.05) is 25.0 Å². The maximum atomic E-state index is 13.9. The first kappa shape index (κ1) is 31.2. The Morgan fingerprint density at radius 3 is 2.36 bits per heavy atom. The van der Waals surface area contributed by atoms with E-state index >= 15 is 0 Å². The van der Waals surface area contributed by atoms with Crippen molar-refractivity contribution < 1.29 is 32.2 Å². The molecule has 0 aromatic heterocycles. The summed E-state index contributed by atoms with van der Waals surface area (Å²) in [5.41, 5.74) is -0.243. The second-order valence-corrected chi connectivity index (χ2v) is 20.5. The van der Waals surface area contributed by atoms with Crippen molar-refractivity contribution in [2.24, 2.45) is 5.41 Å². The van der Waals surface area contributed by atoms with E-state index in [1.807, 2.05) is 42.5 Å². The van der Waals surface area contributed by atoms with Crippen molar-refractivity contribution in [1.82, 2.24) is 9.21 Å². The molecule has 1 saturated carbocycles. The van der Waals surface area contributed by atoms with Crippen molar-refractivity contribution in [3.05, 3.63) is 90.0 Å². The molecule has 236 valence electrons. The van der Waals surface area contributed by atoms with E-state index in [0.29, 0.717) is 13.0 Å². The number of aliphatic hydroxyl groups is 1. The highest BCUT2D eigenvalue weighted by atomic mass is 32.2. The molecular formula is C33H42N2O7SSi. The van der Waals surface area contributed by atoms with Crippen LogP contribution in [0.2, 0.25) is 18.1 Å². The van der Waals surface area contributed by atoms with E-state index < -0.39 is 53.9 Å². The van der Waals surface area contributed by atoms with Crippen molar-refractivity contribution in [3.8, 4) is 0 Å². The van der Waals surface area contributed by atoms with Gasteiger partial charge in [0.25, 0.3) is 0 Å². The van der Waals surface area contributed by atoms with E-state index in [0.717, 1.165) is 11.1 Å². The Labute approximate surface area is 261 Å². The molecule has 4 aliphatic rings. The van der Waals surface area contributed by atoms with Crippen LogP contribution in [0.5, 0.6) is 0 Å². The first-order chi connectivity index (χ1) is 20.7. The maximum absolute atomic E-state index is 13.9. The lowest BCUT2D eigenvalue weighted by Crippen LogP contribution is -2.59. The van der Waals surface area contributed by atoms with E-state index in [1.165, 1.54) is 4.31 Å².